The number of methoxy groups -OCH3 is 2. The molecule has 0 unspecified atom stereocenters. The zero-order valence-corrected chi connectivity index (χ0v) is 17.7. The number of carbonyl (C=O) groups excluding carboxylic acids is 1. The van der Waals surface area contributed by atoms with Crippen LogP contribution in [0, 0.1) is 0 Å². The second-order valence-electron chi connectivity index (χ2n) is 6.77. The van der Waals surface area contributed by atoms with Crippen LogP contribution >= 0.6 is 0 Å². The minimum atomic E-state index is -0.162. The van der Waals surface area contributed by atoms with Gasteiger partial charge in [-0.25, -0.2) is 4.98 Å². The number of hydrogen-bond acceptors (Lipinski definition) is 5. The standard InChI is InChI=1S/C25H26N2O4/c1-29-22-11-8-19(16-23(22)31-18-21-6-4-3-5-7-21)14-15-26-24(28)12-9-20-10-13-25(30-2)27-17-20/h3-13,16-17H,14-15,18H2,1-2H3,(H,26,28). The van der Waals surface area contributed by atoms with Crippen molar-refractivity contribution in [1.82, 2.24) is 10.3 Å². The Bertz CT molecular complexity index is 1000. The Hall–Kier alpha value is -3.80. The molecule has 2 aromatic carbocycles. The summed E-state index contributed by atoms with van der Waals surface area (Å²) >= 11 is 0. The molecule has 0 aliphatic heterocycles. The molecule has 0 aliphatic carbocycles. The predicted molar refractivity (Wildman–Crippen MR) is 120 cm³/mol. The van der Waals surface area contributed by atoms with Gasteiger partial charge in [-0.05, 0) is 47.4 Å². The van der Waals surface area contributed by atoms with Gasteiger partial charge in [-0.15, -0.1) is 0 Å². The maximum absolute atomic E-state index is 12.1. The zero-order chi connectivity index (χ0) is 21.9. The highest BCUT2D eigenvalue weighted by atomic mass is 16.5. The fraction of sp³-hybridized carbons (Fsp3) is 0.200. The summed E-state index contributed by atoms with van der Waals surface area (Å²) in [5.74, 6) is 1.74. The van der Waals surface area contributed by atoms with Gasteiger partial charge in [0.1, 0.15) is 6.61 Å². The summed E-state index contributed by atoms with van der Waals surface area (Å²) in [6.45, 7) is 0.969. The summed E-state index contributed by atoms with van der Waals surface area (Å²) in [5.41, 5.74) is 2.96. The Morgan fingerprint density at radius 2 is 1.81 bits per heavy atom. The van der Waals surface area contributed by atoms with E-state index in [1.54, 1.807) is 32.6 Å². The van der Waals surface area contributed by atoms with E-state index in [0.717, 1.165) is 16.7 Å². The SMILES string of the molecule is COc1ccc(C=CC(=O)NCCc2ccc(OC)c(OCc3ccccc3)c2)cn1. The number of ether oxygens (including phenoxy) is 3. The third kappa shape index (κ3) is 6.89. The van der Waals surface area contributed by atoms with Crippen LogP contribution in [0.25, 0.3) is 6.08 Å². The van der Waals surface area contributed by atoms with Crippen LogP contribution in [0.15, 0.2) is 72.9 Å². The molecule has 0 fully saturated rings. The van der Waals surface area contributed by atoms with Crippen molar-refractivity contribution in [3.63, 3.8) is 0 Å². The summed E-state index contributed by atoms with van der Waals surface area (Å²) < 4.78 is 16.4. The van der Waals surface area contributed by atoms with Gasteiger partial charge in [0.2, 0.25) is 11.8 Å². The highest BCUT2D eigenvalue weighted by Crippen LogP contribution is 2.29. The van der Waals surface area contributed by atoms with Gasteiger partial charge in [0, 0.05) is 24.9 Å². The van der Waals surface area contributed by atoms with Gasteiger partial charge in [0.15, 0.2) is 11.5 Å². The van der Waals surface area contributed by atoms with E-state index in [4.69, 9.17) is 14.2 Å². The van der Waals surface area contributed by atoms with E-state index in [-0.39, 0.29) is 5.91 Å². The summed E-state index contributed by atoms with van der Waals surface area (Å²) in [4.78, 5) is 16.2. The molecule has 1 amide bonds. The molecule has 1 N–H and O–H groups in total. The minimum Gasteiger partial charge on any atom is -0.493 e. The Morgan fingerprint density at radius 1 is 0.968 bits per heavy atom. The van der Waals surface area contributed by atoms with Crippen molar-refractivity contribution < 1.29 is 19.0 Å². The molecule has 0 atom stereocenters. The summed E-state index contributed by atoms with van der Waals surface area (Å²) in [5, 5.41) is 2.89. The lowest BCUT2D eigenvalue weighted by Crippen LogP contribution is -2.23. The second kappa shape index (κ2) is 11.4. The zero-order valence-electron chi connectivity index (χ0n) is 17.7. The topological polar surface area (TPSA) is 69.7 Å². The fourth-order valence-electron chi connectivity index (χ4n) is 2.90. The molecule has 1 heterocycles. The van der Waals surface area contributed by atoms with Crippen molar-refractivity contribution in [3.05, 3.63) is 89.6 Å². The van der Waals surface area contributed by atoms with Crippen molar-refractivity contribution in [2.75, 3.05) is 20.8 Å². The first-order chi connectivity index (χ1) is 15.2. The van der Waals surface area contributed by atoms with E-state index in [2.05, 4.69) is 10.3 Å². The molecule has 0 spiro atoms. The number of aromatic nitrogens is 1. The first-order valence-corrected chi connectivity index (χ1v) is 9.97. The number of carbonyl (C=O) groups is 1. The van der Waals surface area contributed by atoms with E-state index >= 15 is 0 Å². The molecule has 31 heavy (non-hydrogen) atoms. The van der Waals surface area contributed by atoms with Crippen LogP contribution in [0.5, 0.6) is 17.4 Å². The largest absolute Gasteiger partial charge is 0.493 e. The van der Waals surface area contributed by atoms with Gasteiger partial charge in [-0.2, -0.15) is 0 Å². The normalized spacial score (nSPS) is 10.6. The third-order valence-electron chi connectivity index (χ3n) is 4.57. The molecule has 0 saturated carbocycles. The molecule has 0 saturated heterocycles. The Labute approximate surface area is 182 Å². The first kappa shape index (κ1) is 21.9. The van der Waals surface area contributed by atoms with Crippen LogP contribution in [-0.4, -0.2) is 31.7 Å². The molecule has 1 aromatic heterocycles. The highest BCUT2D eigenvalue weighted by molar-refractivity contribution is 5.91. The monoisotopic (exact) mass is 418 g/mol. The fourth-order valence-corrected chi connectivity index (χ4v) is 2.90. The van der Waals surface area contributed by atoms with Crippen LogP contribution < -0.4 is 19.5 Å². The predicted octanol–water partition coefficient (Wildman–Crippen LogP) is 4.05. The number of benzene rings is 2. The van der Waals surface area contributed by atoms with E-state index in [0.29, 0.717) is 37.0 Å². The summed E-state index contributed by atoms with van der Waals surface area (Å²) in [6.07, 6.45) is 5.53. The molecule has 3 aromatic rings. The molecule has 160 valence electrons. The van der Waals surface area contributed by atoms with Gasteiger partial charge in [-0.1, -0.05) is 36.4 Å². The van der Waals surface area contributed by atoms with E-state index < -0.39 is 0 Å². The quantitative estimate of drug-likeness (QED) is 0.503. The van der Waals surface area contributed by atoms with Crippen molar-refractivity contribution >= 4 is 12.0 Å². The minimum absolute atomic E-state index is 0.162. The van der Waals surface area contributed by atoms with Crippen LogP contribution in [0.4, 0.5) is 0 Å². The Balaban J connectivity index is 1.51. The Morgan fingerprint density at radius 3 is 2.52 bits per heavy atom. The number of amides is 1. The Kier molecular flexibility index (Phi) is 8.05. The van der Waals surface area contributed by atoms with Gasteiger partial charge < -0.3 is 19.5 Å². The molecule has 0 aliphatic rings. The average molecular weight is 418 g/mol. The lowest BCUT2D eigenvalue weighted by Gasteiger charge is -2.12. The van der Waals surface area contributed by atoms with E-state index in [9.17, 15) is 4.79 Å². The summed E-state index contributed by atoms with van der Waals surface area (Å²) in [7, 11) is 3.18. The lowest BCUT2D eigenvalue weighted by atomic mass is 10.1. The highest BCUT2D eigenvalue weighted by Gasteiger charge is 2.07. The van der Waals surface area contributed by atoms with Gasteiger partial charge >= 0.3 is 0 Å². The molecular weight excluding hydrogens is 392 g/mol. The van der Waals surface area contributed by atoms with E-state index in [1.807, 2.05) is 54.6 Å². The maximum atomic E-state index is 12.1. The van der Waals surface area contributed by atoms with Gasteiger partial charge in [0.05, 0.1) is 14.2 Å². The number of pyridine rings is 1. The number of nitrogens with zero attached hydrogens (tertiary/aromatic N) is 1. The van der Waals surface area contributed by atoms with Crippen LogP contribution in [-0.2, 0) is 17.8 Å². The maximum Gasteiger partial charge on any atom is 0.244 e. The van der Waals surface area contributed by atoms with Gasteiger partial charge in [-0.3, -0.25) is 4.79 Å². The molecule has 0 bridgehead atoms. The summed E-state index contributed by atoms with van der Waals surface area (Å²) in [6, 6.07) is 19.4. The number of nitrogens with one attached hydrogen (secondary N) is 1. The lowest BCUT2D eigenvalue weighted by molar-refractivity contribution is -0.116. The number of rotatable bonds is 10. The van der Waals surface area contributed by atoms with Crippen molar-refractivity contribution in [2.24, 2.45) is 0 Å². The third-order valence-corrected chi connectivity index (χ3v) is 4.57. The van der Waals surface area contributed by atoms with Crippen LogP contribution in [0.1, 0.15) is 16.7 Å². The van der Waals surface area contributed by atoms with Crippen molar-refractivity contribution in [1.29, 1.82) is 0 Å². The van der Waals surface area contributed by atoms with Crippen molar-refractivity contribution in [3.8, 4) is 17.4 Å². The smallest absolute Gasteiger partial charge is 0.244 e. The number of hydrogen-bond donors (Lipinski definition) is 1. The van der Waals surface area contributed by atoms with Gasteiger partial charge in [0.25, 0.3) is 0 Å². The molecule has 6 heteroatoms. The van der Waals surface area contributed by atoms with Crippen molar-refractivity contribution in [2.45, 2.75) is 13.0 Å². The van der Waals surface area contributed by atoms with Crippen LogP contribution in [0.2, 0.25) is 0 Å². The average Bonchev–Trinajstić information content (AvgIpc) is 2.82. The van der Waals surface area contributed by atoms with E-state index in [1.165, 1.54) is 6.08 Å². The molecule has 0 radical (unpaired) electrons. The molecule has 6 nitrogen and oxygen atoms in total. The molecule has 3 rings (SSSR count). The molecular formula is C25H26N2O4. The first-order valence-electron chi connectivity index (χ1n) is 9.97. The second-order valence-corrected chi connectivity index (χ2v) is 6.77. The van der Waals surface area contributed by atoms with Crippen LogP contribution in [0.3, 0.4) is 0 Å².